The molecule has 102 valence electrons. The highest BCUT2D eigenvalue weighted by Crippen LogP contribution is 2.17. The smallest absolute Gasteiger partial charge is 0.341 e. The molecule has 0 aliphatic heterocycles. The number of carbonyl (C=O) groups excluding carboxylic acids is 1. The summed E-state index contributed by atoms with van der Waals surface area (Å²) in [6, 6.07) is 1.68. The third-order valence-electron chi connectivity index (χ3n) is 2.46. The van der Waals surface area contributed by atoms with Crippen molar-refractivity contribution >= 4 is 5.97 Å². The minimum Gasteiger partial charge on any atom is -0.465 e. The number of methoxy groups -OCH3 is 1. The number of rotatable bonds is 5. The number of hydrogen-bond acceptors (Lipinski definition) is 5. The number of likely N-dealkylation sites (N-methyl/N-ethyl adjacent to an activating group) is 1. The molecule has 5 nitrogen and oxygen atoms in total. The van der Waals surface area contributed by atoms with Gasteiger partial charge in [0, 0.05) is 6.54 Å². The van der Waals surface area contributed by atoms with Crippen LogP contribution in [0.25, 0.3) is 0 Å². The van der Waals surface area contributed by atoms with Crippen molar-refractivity contribution in [3.8, 4) is 0 Å². The van der Waals surface area contributed by atoms with Gasteiger partial charge in [0.05, 0.1) is 19.3 Å². The second-order valence-electron chi connectivity index (χ2n) is 5.16. The van der Waals surface area contributed by atoms with E-state index in [4.69, 9.17) is 4.42 Å². The number of carbonyl (C=O) groups is 1. The fourth-order valence-electron chi connectivity index (χ4n) is 1.92. The lowest BCUT2D eigenvalue weighted by Gasteiger charge is -2.24. The van der Waals surface area contributed by atoms with Crippen molar-refractivity contribution in [3.05, 3.63) is 23.2 Å². The van der Waals surface area contributed by atoms with Crippen LogP contribution in [0.15, 0.2) is 10.5 Å². The molecule has 0 aromatic carbocycles. The Bertz CT molecular complexity index is 417. The highest BCUT2D eigenvalue weighted by atomic mass is 16.5. The van der Waals surface area contributed by atoms with E-state index in [1.54, 1.807) is 26.8 Å². The predicted octanol–water partition coefficient (Wildman–Crippen LogP) is 1.58. The Kier molecular flexibility index (Phi) is 4.53. The van der Waals surface area contributed by atoms with Crippen molar-refractivity contribution in [2.45, 2.75) is 32.9 Å². The van der Waals surface area contributed by atoms with Gasteiger partial charge < -0.3 is 14.3 Å². The quantitative estimate of drug-likeness (QED) is 0.809. The molecule has 1 aromatic rings. The number of nitrogens with zero attached hydrogens (tertiary/aromatic N) is 1. The molecule has 18 heavy (non-hydrogen) atoms. The lowest BCUT2D eigenvalue weighted by atomic mass is 10.1. The van der Waals surface area contributed by atoms with Crippen molar-refractivity contribution in [1.29, 1.82) is 0 Å². The molecule has 0 unspecified atom stereocenters. The van der Waals surface area contributed by atoms with E-state index in [0.29, 0.717) is 30.2 Å². The Balaban J connectivity index is 2.72. The van der Waals surface area contributed by atoms with Crippen LogP contribution in [0, 0.1) is 6.92 Å². The fourth-order valence-corrected chi connectivity index (χ4v) is 1.92. The van der Waals surface area contributed by atoms with Crippen molar-refractivity contribution in [2.75, 3.05) is 20.7 Å². The maximum Gasteiger partial charge on any atom is 0.341 e. The third-order valence-corrected chi connectivity index (χ3v) is 2.46. The number of ether oxygens (including phenoxy) is 1. The fraction of sp³-hybridized carbons (Fsp3) is 0.615. The van der Waals surface area contributed by atoms with Crippen molar-refractivity contribution in [1.82, 2.24) is 4.90 Å². The van der Waals surface area contributed by atoms with Crippen LogP contribution in [0.2, 0.25) is 0 Å². The highest BCUT2D eigenvalue weighted by molar-refractivity contribution is 5.90. The summed E-state index contributed by atoms with van der Waals surface area (Å²) < 4.78 is 10.2. The van der Waals surface area contributed by atoms with Crippen LogP contribution in [-0.2, 0) is 11.3 Å². The summed E-state index contributed by atoms with van der Waals surface area (Å²) in [5, 5.41) is 9.71. The van der Waals surface area contributed by atoms with Crippen LogP contribution in [0.4, 0.5) is 0 Å². The zero-order chi connectivity index (χ0) is 13.9. The van der Waals surface area contributed by atoms with Gasteiger partial charge in [-0.15, -0.1) is 0 Å². The van der Waals surface area contributed by atoms with E-state index in [-0.39, 0.29) is 0 Å². The average molecular weight is 255 g/mol. The topological polar surface area (TPSA) is 62.9 Å². The second kappa shape index (κ2) is 5.54. The molecule has 1 aromatic heterocycles. The highest BCUT2D eigenvalue weighted by Gasteiger charge is 2.19. The molecule has 0 bridgehead atoms. The van der Waals surface area contributed by atoms with Gasteiger partial charge in [-0.3, -0.25) is 4.90 Å². The Morgan fingerprint density at radius 1 is 1.56 bits per heavy atom. The summed E-state index contributed by atoms with van der Waals surface area (Å²) in [6.07, 6.45) is 0. The van der Waals surface area contributed by atoms with Gasteiger partial charge in [0.1, 0.15) is 17.1 Å². The molecule has 0 saturated carbocycles. The van der Waals surface area contributed by atoms with E-state index in [9.17, 15) is 9.90 Å². The van der Waals surface area contributed by atoms with Crippen LogP contribution in [-0.4, -0.2) is 42.3 Å². The normalized spacial score (nSPS) is 11.9. The Labute approximate surface area is 107 Å². The number of esters is 1. The van der Waals surface area contributed by atoms with Gasteiger partial charge in [-0.05, 0) is 33.9 Å². The first-order chi connectivity index (χ1) is 8.23. The first-order valence-corrected chi connectivity index (χ1v) is 5.81. The van der Waals surface area contributed by atoms with Crippen LogP contribution < -0.4 is 0 Å². The summed E-state index contributed by atoms with van der Waals surface area (Å²) >= 11 is 0. The zero-order valence-corrected chi connectivity index (χ0v) is 11.6. The van der Waals surface area contributed by atoms with Crippen molar-refractivity contribution in [2.24, 2.45) is 0 Å². The molecule has 5 heteroatoms. The summed E-state index contributed by atoms with van der Waals surface area (Å²) in [4.78, 5) is 13.4. The lowest BCUT2D eigenvalue weighted by Crippen LogP contribution is -2.35. The Morgan fingerprint density at radius 2 is 2.17 bits per heavy atom. The van der Waals surface area contributed by atoms with E-state index < -0.39 is 11.6 Å². The average Bonchev–Trinajstić information content (AvgIpc) is 2.55. The summed E-state index contributed by atoms with van der Waals surface area (Å²) in [5.74, 6) is 0.834. The van der Waals surface area contributed by atoms with E-state index in [2.05, 4.69) is 4.74 Å². The molecular formula is C13H21NO4. The SMILES string of the molecule is COC(=O)c1cc(CN(C)CC(C)(C)O)oc1C. The second-order valence-corrected chi connectivity index (χ2v) is 5.16. The monoisotopic (exact) mass is 255 g/mol. The number of furan rings is 1. The Hall–Kier alpha value is -1.33. The minimum atomic E-state index is -0.762. The zero-order valence-electron chi connectivity index (χ0n) is 11.6. The van der Waals surface area contributed by atoms with Crippen LogP contribution >= 0.6 is 0 Å². The molecule has 1 heterocycles. The standard InChI is InChI=1S/C13H21NO4/c1-9-11(12(15)17-5)6-10(18-9)7-14(4)8-13(2,3)16/h6,16H,7-8H2,1-5H3. The molecule has 0 spiro atoms. The maximum atomic E-state index is 11.4. The third kappa shape index (κ3) is 4.16. The summed E-state index contributed by atoms with van der Waals surface area (Å²) in [5.41, 5.74) is -0.314. The molecule has 0 aliphatic rings. The van der Waals surface area contributed by atoms with Gasteiger partial charge in [0.15, 0.2) is 0 Å². The Morgan fingerprint density at radius 3 is 2.67 bits per heavy atom. The largest absolute Gasteiger partial charge is 0.465 e. The van der Waals surface area contributed by atoms with Crippen LogP contribution in [0.3, 0.4) is 0 Å². The number of aryl methyl sites for hydroxylation is 1. The molecular weight excluding hydrogens is 234 g/mol. The molecule has 0 radical (unpaired) electrons. The molecule has 0 aliphatic carbocycles. The van der Waals surface area contributed by atoms with Gasteiger partial charge in [0.25, 0.3) is 0 Å². The van der Waals surface area contributed by atoms with Gasteiger partial charge in [-0.1, -0.05) is 0 Å². The van der Waals surface area contributed by atoms with E-state index >= 15 is 0 Å². The predicted molar refractivity (Wildman–Crippen MR) is 67.4 cm³/mol. The minimum absolute atomic E-state index is 0.396. The summed E-state index contributed by atoms with van der Waals surface area (Å²) in [7, 11) is 3.22. The molecule has 0 saturated heterocycles. The van der Waals surface area contributed by atoms with Gasteiger partial charge >= 0.3 is 5.97 Å². The summed E-state index contributed by atoms with van der Waals surface area (Å²) in [6.45, 7) is 6.27. The van der Waals surface area contributed by atoms with Crippen molar-refractivity contribution in [3.63, 3.8) is 0 Å². The van der Waals surface area contributed by atoms with E-state index in [1.807, 2.05) is 11.9 Å². The molecule has 1 rings (SSSR count). The molecule has 0 amide bonds. The van der Waals surface area contributed by atoms with Crippen molar-refractivity contribution < 1.29 is 19.1 Å². The molecule has 0 atom stereocenters. The van der Waals surface area contributed by atoms with E-state index in [0.717, 1.165) is 0 Å². The van der Waals surface area contributed by atoms with Crippen LogP contribution in [0.1, 0.15) is 35.7 Å². The van der Waals surface area contributed by atoms with E-state index in [1.165, 1.54) is 7.11 Å². The first-order valence-electron chi connectivity index (χ1n) is 5.81. The van der Waals surface area contributed by atoms with Gasteiger partial charge in [0.2, 0.25) is 0 Å². The number of aliphatic hydroxyl groups is 1. The first kappa shape index (κ1) is 14.7. The van der Waals surface area contributed by atoms with Gasteiger partial charge in [-0.2, -0.15) is 0 Å². The van der Waals surface area contributed by atoms with Gasteiger partial charge in [-0.25, -0.2) is 4.79 Å². The molecule has 1 N–H and O–H groups in total. The lowest BCUT2D eigenvalue weighted by molar-refractivity contribution is 0.0406. The number of hydrogen-bond donors (Lipinski definition) is 1. The maximum absolute atomic E-state index is 11.4. The van der Waals surface area contributed by atoms with Crippen LogP contribution in [0.5, 0.6) is 0 Å². The molecule has 0 fully saturated rings.